The molecule has 1 saturated heterocycles. The first kappa shape index (κ1) is 17.3. The standard InChI is InChI=1S/C20H18F2N4O/c1-11-7-12(2)24-16-4-3-13(8-15(11)16)20(27)25-14-9-26(10-14)17-5-6-23-19(22)18(17)21/h3-8,14H,9-10H2,1-2H3,(H,25,27). The molecule has 1 aliphatic rings. The lowest BCUT2D eigenvalue weighted by Gasteiger charge is -2.41. The van der Waals surface area contributed by atoms with Gasteiger partial charge in [0.15, 0.2) is 0 Å². The van der Waals surface area contributed by atoms with Crippen molar-refractivity contribution in [2.45, 2.75) is 19.9 Å². The van der Waals surface area contributed by atoms with Gasteiger partial charge in [-0.2, -0.15) is 8.78 Å². The lowest BCUT2D eigenvalue weighted by Crippen LogP contribution is -2.59. The zero-order valence-corrected chi connectivity index (χ0v) is 15.0. The van der Waals surface area contributed by atoms with Gasteiger partial charge < -0.3 is 10.2 Å². The number of carbonyl (C=O) groups is 1. The van der Waals surface area contributed by atoms with Gasteiger partial charge in [0.05, 0.1) is 17.2 Å². The summed E-state index contributed by atoms with van der Waals surface area (Å²) in [5.41, 5.74) is 3.57. The molecule has 5 nitrogen and oxygen atoms in total. The first-order valence-electron chi connectivity index (χ1n) is 8.66. The molecule has 0 unspecified atom stereocenters. The summed E-state index contributed by atoms with van der Waals surface area (Å²) in [7, 11) is 0. The number of fused-ring (bicyclic) bond motifs is 1. The van der Waals surface area contributed by atoms with Gasteiger partial charge in [0, 0.05) is 35.9 Å². The van der Waals surface area contributed by atoms with Crippen molar-refractivity contribution < 1.29 is 13.6 Å². The number of aromatic nitrogens is 2. The van der Waals surface area contributed by atoms with Crippen molar-refractivity contribution in [2.24, 2.45) is 0 Å². The Morgan fingerprint density at radius 2 is 1.96 bits per heavy atom. The summed E-state index contributed by atoms with van der Waals surface area (Å²) in [4.78, 5) is 22.0. The van der Waals surface area contributed by atoms with E-state index in [0.29, 0.717) is 18.7 Å². The number of benzene rings is 1. The van der Waals surface area contributed by atoms with Crippen molar-refractivity contribution in [1.82, 2.24) is 15.3 Å². The normalized spacial score (nSPS) is 14.3. The van der Waals surface area contributed by atoms with E-state index in [9.17, 15) is 13.6 Å². The number of halogens is 2. The maximum atomic E-state index is 13.8. The Kier molecular flexibility index (Phi) is 4.22. The molecule has 3 heterocycles. The van der Waals surface area contributed by atoms with Crippen molar-refractivity contribution in [3.63, 3.8) is 0 Å². The molecule has 0 bridgehead atoms. The Bertz CT molecular complexity index is 1050. The second-order valence-electron chi connectivity index (χ2n) is 6.82. The molecule has 1 aromatic carbocycles. The minimum atomic E-state index is -1.12. The van der Waals surface area contributed by atoms with E-state index in [4.69, 9.17) is 0 Å². The molecular formula is C20H18F2N4O. The number of nitrogens with one attached hydrogen (secondary N) is 1. The van der Waals surface area contributed by atoms with Crippen LogP contribution in [-0.2, 0) is 0 Å². The summed E-state index contributed by atoms with van der Waals surface area (Å²) in [5, 5.41) is 3.87. The number of anilines is 1. The molecule has 4 rings (SSSR count). The molecule has 27 heavy (non-hydrogen) atoms. The topological polar surface area (TPSA) is 58.1 Å². The van der Waals surface area contributed by atoms with E-state index in [0.717, 1.165) is 22.2 Å². The summed E-state index contributed by atoms with van der Waals surface area (Å²) < 4.78 is 27.0. The second-order valence-corrected chi connectivity index (χ2v) is 6.82. The molecule has 2 aromatic heterocycles. The lowest BCUT2D eigenvalue weighted by molar-refractivity contribution is 0.0930. The highest BCUT2D eigenvalue weighted by atomic mass is 19.2. The zero-order chi connectivity index (χ0) is 19.1. The predicted molar refractivity (Wildman–Crippen MR) is 98.8 cm³/mol. The number of aryl methyl sites for hydroxylation is 2. The van der Waals surface area contributed by atoms with Crippen LogP contribution in [0.5, 0.6) is 0 Å². The third kappa shape index (κ3) is 3.20. The van der Waals surface area contributed by atoms with E-state index in [2.05, 4.69) is 15.3 Å². The van der Waals surface area contributed by atoms with Crippen molar-refractivity contribution in [1.29, 1.82) is 0 Å². The number of hydrogen-bond acceptors (Lipinski definition) is 4. The highest BCUT2D eigenvalue weighted by Gasteiger charge is 2.31. The molecule has 1 amide bonds. The van der Waals surface area contributed by atoms with Crippen molar-refractivity contribution in [3.8, 4) is 0 Å². The number of nitrogens with zero attached hydrogens (tertiary/aromatic N) is 3. The molecule has 0 aliphatic carbocycles. The van der Waals surface area contributed by atoms with E-state index in [1.54, 1.807) is 11.0 Å². The smallest absolute Gasteiger partial charge is 0.251 e. The molecule has 0 spiro atoms. The Morgan fingerprint density at radius 1 is 1.19 bits per heavy atom. The molecule has 1 N–H and O–H groups in total. The Balaban J connectivity index is 1.45. The van der Waals surface area contributed by atoms with Crippen molar-refractivity contribution in [3.05, 3.63) is 65.1 Å². The average Bonchev–Trinajstić information content (AvgIpc) is 2.60. The molecule has 138 valence electrons. The minimum Gasteiger partial charge on any atom is -0.365 e. The highest BCUT2D eigenvalue weighted by Crippen LogP contribution is 2.25. The summed E-state index contributed by atoms with van der Waals surface area (Å²) >= 11 is 0. The third-order valence-electron chi connectivity index (χ3n) is 4.79. The minimum absolute atomic E-state index is 0.124. The zero-order valence-electron chi connectivity index (χ0n) is 15.0. The average molecular weight is 368 g/mol. The van der Waals surface area contributed by atoms with Gasteiger partial charge >= 0.3 is 0 Å². The van der Waals surface area contributed by atoms with Crippen LogP contribution >= 0.6 is 0 Å². The fourth-order valence-electron chi connectivity index (χ4n) is 3.39. The van der Waals surface area contributed by atoms with Gasteiger partial charge in [-0.1, -0.05) is 0 Å². The summed E-state index contributed by atoms with van der Waals surface area (Å²) in [6, 6.07) is 8.71. The number of amides is 1. The molecule has 0 radical (unpaired) electrons. The third-order valence-corrected chi connectivity index (χ3v) is 4.79. The molecule has 0 atom stereocenters. The molecular weight excluding hydrogens is 350 g/mol. The van der Waals surface area contributed by atoms with Crippen LogP contribution in [0.1, 0.15) is 21.6 Å². The van der Waals surface area contributed by atoms with Gasteiger partial charge in [0.2, 0.25) is 5.82 Å². The summed E-state index contributed by atoms with van der Waals surface area (Å²) in [5.74, 6) is -2.27. The van der Waals surface area contributed by atoms with Crippen LogP contribution in [0.3, 0.4) is 0 Å². The monoisotopic (exact) mass is 368 g/mol. The lowest BCUT2D eigenvalue weighted by atomic mass is 10.0. The number of carbonyl (C=O) groups excluding carboxylic acids is 1. The SMILES string of the molecule is Cc1cc(C)c2cc(C(=O)NC3CN(c4ccnc(F)c4F)C3)ccc2n1. The molecule has 1 aliphatic heterocycles. The molecule has 7 heteroatoms. The van der Waals surface area contributed by atoms with Gasteiger partial charge in [-0.15, -0.1) is 0 Å². The van der Waals surface area contributed by atoms with Crippen LogP contribution in [0.4, 0.5) is 14.5 Å². The summed E-state index contributed by atoms with van der Waals surface area (Å²) in [6.07, 6.45) is 1.23. The van der Waals surface area contributed by atoms with Crippen molar-refractivity contribution in [2.75, 3.05) is 18.0 Å². The number of pyridine rings is 2. The van der Waals surface area contributed by atoms with Gasteiger partial charge in [0.1, 0.15) is 0 Å². The van der Waals surface area contributed by atoms with Crippen LogP contribution in [0.2, 0.25) is 0 Å². The van der Waals surface area contributed by atoms with Gasteiger partial charge in [0.25, 0.3) is 11.9 Å². The second kappa shape index (κ2) is 6.57. The van der Waals surface area contributed by atoms with Crippen LogP contribution in [0.15, 0.2) is 36.5 Å². The van der Waals surface area contributed by atoms with Crippen molar-refractivity contribution >= 4 is 22.5 Å². The highest BCUT2D eigenvalue weighted by molar-refractivity contribution is 5.98. The number of hydrogen-bond donors (Lipinski definition) is 1. The fourth-order valence-corrected chi connectivity index (χ4v) is 3.39. The van der Waals surface area contributed by atoms with E-state index in [1.165, 1.54) is 12.3 Å². The first-order chi connectivity index (χ1) is 12.9. The summed E-state index contributed by atoms with van der Waals surface area (Å²) in [6.45, 7) is 4.76. The van der Waals surface area contributed by atoms with Crippen LogP contribution in [0.25, 0.3) is 10.9 Å². The van der Waals surface area contributed by atoms with Gasteiger partial charge in [-0.3, -0.25) is 9.78 Å². The number of rotatable bonds is 3. The quantitative estimate of drug-likeness (QED) is 0.722. The molecule has 0 saturated carbocycles. The van der Waals surface area contributed by atoms with E-state index < -0.39 is 11.8 Å². The van der Waals surface area contributed by atoms with E-state index >= 15 is 0 Å². The van der Waals surface area contributed by atoms with E-state index in [-0.39, 0.29) is 17.6 Å². The Morgan fingerprint density at radius 3 is 2.74 bits per heavy atom. The fraction of sp³-hybridized carbons (Fsp3) is 0.250. The Hall–Kier alpha value is -3.09. The maximum Gasteiger partial charge on any atom is 0.251 e. The van der Waals surface area contributed by atoms with Crippen LogP contribution in [-0.4, -0.2) is 35.0 Å². The largest absolute Gasteiger partial charge is 0.365 e. The van der Waals surface area contributed by atoms with Gasteiger partial charge in [-0.05, 0) is 49.7 Å². The Labute approximate surface area is 155 Å². The molecule has 1 fully saturated rings. The first-order valence-corrected chi connectivity index (χ1v) is 8.66. The predicted octanol–water partition coefficient (Wildman–Crippen LogP) is 3.14. The van der Waals surface area contributed by atoms with Gasteiger partial charge in [-0.25, -0.2) is 4.98 Å². The molecule has 3 aromatic rings. The van der Waals surface area contributed by atoms with E-state index in [1.807, 2.05) is 32.0 Å². The van der Waals surface area contributed by atoms with Crippen LogP contribution in [0, 0.1) is 25.6 Å². The maximum absolute atomic E-state index is 13.8. The van der Waals surface area contributed by atoms with Crippen LogP contribution < -0.4 is 10.2 Å².